The Labute approximate surface area is 226 Å². The number of hydrogen-bond acceptors (Lipinski definition) is 3. The summed E-state index contributed by atoms with van der Waals surface area (Å²) >= 11 is 0. The summed E-state index contributed by atoms with van der Waals surface area (Å²) in [6.45, 7) is 8.33. The minimum Gasteiger partial charge on any atom is -0.354 e. The lowest BCUT2D eigenvalue weighted by atomic mass is 9.96. The first-order valence-corrected chi connectivity index (χ1v) is 14.5. The van der Waals surface area contributed by atoms with E-state index in [0.717, 1.165) is 17.5 Å². The molecule has 0 spiro atoms. The summed E-state index contributed by atoms with van der Waals surface area (Å²) in [6.07, 6.45) is 0.809. The van der Waals surface area contributed by atoms with E-state index in [1.165, 1.54) is 20.6 Å². The van der Waals surface area contributed by atoms with Crippen molar-refractivity contribution >= 4 is 32.4 Å². The van der Waals surface area contributed by atoms with Crippen molar-refractivity contribution in [2.24, 2.45) is 5.92 Å². The molecule has 0 aromatic heterocycles. The minimum atomic E-state index is -3.94. The van der Waals surface area contributed by atoms with Gasteiger partial charge in [0.25, 0.3) is 10.0 Å². The predicted octanol–water partition coefficient (Wildman–Crippen LogP) is 6.46. The van der Waals surface area contributed by atoms with E-state index >= 15 is 0 Å². The van der Waals surface area contributed by atoms with Crippen molar-refractivity contribution in [2.45, 2.75) is 44.9 Å². The van der Waals surface area contributed by atoms with E-state index in [4.69, 9.17) is 0 Å². The number of nitrogens with zero attached hydrogens (tertiary/aromatic N) is 1. The second-order valence-corrected chi connectivity index (χ2v) is 12.2. The van der Waals surface area contributed by atoms with E-state index < -0.39 is 10.0 Å². The lowest BCUT2D eigenvalue weighted by molar-refractivity contribution is -0.119. The maximum Gasteiger partial charge on any atom is 0.264 e. The van der Waals surface area contributed by atoms with Crippen LogP contribution in [0.2, 0.25) is 0 Å². The van der Waals surface area contributed by atoms with Crippen LogP contribution >= 0.6 is 0 Å². The summed E-state index contributed by atoms with van der Waals surface area (Å²) < 4.78 is 28.5. The van der Waals surface area contributed by atoms with Crippen molar-refractivity contribution in [1.29, 1.82) is 0 Å². The van der Waals surface area contributed by atoms with E-state index in [1.807, 2.05) is 31.2 Å². The summed E-state index contributed by atoms with van der Waals surface area (Å²) in [5.41, 5.74) is 3.77. The van der Waals surface area contributed by atoms with Crippen molar-refractivity contribution < 1.29 is 13.2 Å². The van der Waals surface area contributed by atoms with Gasteiger partial charge in [0.15, 0.2) is 0 Å². The number of anilines is 1. The van der Waals surface area contributed by atoms with Gasteiger partial charge in [-0.3, -0.25) is 9.10 Å². The lowest BCUT2D eigenvalue weighted by Crippen LogP contribution is -2.42. The van der Waals surface area contributed by atoms with Crippen LogP contribution in [0, 0.1) is 12.8 Å². The Morgan fingerprint density at radius 3 is 2.18 bits per heavy atom. The normalized spacial score (nSPS) is 12.4. The van der Waals surface area contributed by atoms with Crippen molar-refractivity contribution in [3.8, 4) is 0 Å². The molecule has 0 fully saturated rings. The van der Waals surface area contributed by atoms with Crippen LogP contribution in [0.15, 0.2) is 95.9 Å². The van der Waals surface area contributed by atoms with Crippen LogP contribution in [0.4, 0.5) is 5.69 Å². The maximum atomic E-state index is 13.6. The average Bonchev–Trinajstić information content (AvgIpc) is 2.91. The highest BCUT2D eigenvalue weighted by Crippen LogP contribution is 2.26. The zero-order chi connectivity index (χ0) is 27.3. The molecule has 4 aromatic rings. The minimum absolute atomic E-state index is 0.160. The van der Waals surface area contributed by atoms with Crippen LogP contribution in [0.5, 0.6) is 0 Å². The van der Waals surface area contributed by atoms with E-state index in [-0.39, 0.29) is 23.3 Å². The van der Waals surface area contributed by atoms with Crippen LogP contribution in [0.3, 0.4) is 0 Å². The molecule has 1 N–H and O–H groups in total. The Morgan fingerprint density at radius 2 is 1.50 bits per heavy atom. The van der Waals surface area contributed by atoms with Gasteiger partial charge in [0.2, 0.25) is 5.91 Å². The number of carbonyl (C=O) groups is 1. The van der Waals surface area contributed by atoms with Gasteiger partial charge in [-0.05, 0) is 71.3 Å². The monoisotopic (exact) mass is 528 g/mol. The van der Waals surface area contributed by atoms with E-state index in [2.05, 4.69) is 56.4 Å². The molecule has 1 unspecified atom stereocenters. The van der Waals surface area contributed by atoms with Crippen LogP contribution < -0.4 is 9.62 Å². The van der Waals surface area contributed by atoms with Crippen molar-refractivity contribution in [2.75, 3.05) is 17.4 Å². The number of hydrogen-bond donors (Lipinski definition) is 1. The van der Waals surface area contributed by atoms with Crippen LogP contribution in [-0.2, 0) is 21.2 Å². The van der Waals surface area contributed by atoms with Crippen molar-refractivity contribution in [3.05, 3.63) is 108 Å². The average molecular weight is 529 g/mol. The fraction of sp³-hybridized carbons (Fsp3) is 0.281. The Morgan fingerprint density at radius 1 is 0.842 bits per heavy atom. The molecule has 0 saturated heterocycles. The third-order valence-corrected chi connectivity index (χ3v) is 8.63. The molecule has 5 nitrogen and oxygen atoms in total. The first-order chi connectivity index (χ1) is 18.1. The smallest absolute Gasteiger partial charge is 0.264 e. The molecule has 198 valence electrons. The second kappa shape index (κ2) is 11.8. The van der Waals surface area contributed by atoms with E-state index in [9.17, 15) is 13.2 Å². The van der Waals surface area contributed by atoms with Gasteiger partial charge in [-0.25, -0.2) is 8.42 Å². The third-order valence-electron chi connectivity index (χ3n) is 6.84. The van der Waals surface area contributed by atoms with Gasteiger partial charge < -0.3 is 5.32 Å². The first-order valence-electron chi connectivity index (χ1n) is 13.1. The van der Waals surface area contributed by atoms with Gasteiger partial charge in [-0.1, -0.05) is 93.1 Å². The predicted molar refractivity (Wildman–Crippen MR) is 156 cm³/mol. The van der Waals surface area contributed by atoms with Gasteiger partial charge in [0, 0.05) is 6.54 Å². The van der Waals surface area contributed by atoms with Gasteiger partial charge in [-0.2, -0.15) is 0 Å². The van der Waals surface area contributed by atoms with E-state index in [1.54, 1.807) is 36.4 Å². The SMILES string of the molecule is Cc1ccc(S(=O)(=O)N(CC(=O)NCC(C)Cc2cccc3ccccc23)c2ccc(C(C)C)cc2)cc1. The zero-order valence-electron chi connectivity index (χ0n) is 22.5. The van der Waals surface area contributed by atoms with Gasteiger partial charge in [0.1, 0.15) is 6.54 Å². The standard InChI is InChI=1S/C32H36N2O3S/c1-23(2)26-14-16-29(17-15-26)34(38(36,37)30-18-12-24(3)13-19-30)22-32(35)33-21-25(4)20-28-10-7-9-27-8-5-6-11-31(27)28/h5-19,23,25H,20-22H2,1-4H3,(H,33,35). The number of carbonyl (C=O) groups excluding carboxylic acids is 1. The molecule has 0 saturated carbocycles. The summed E-state index contributed by atoms with van der Waals surface area (Å²) in [6, 6.07) is 28.7. The molecule has 0 aliphatic rings. The van der Waals surface area contributed by atoms with Crippen LogP contribution in [0.1, 0.15) is 43.4 Å². The number of rotatable bonds is 10. The third kappa shape index (κ3) is 6.43. The topological polar surface area (TPSA) is 66.5 Å². The van der Waals surface area contributed by atoms with Crippen LogP contribution in [-0.4, -0.2) is 27.4 Å². The van der Waals surface area contributed by atoms with Gasteiger partial charge >= 0.3 is 0 Å². The molecule has 0 bridgehead atoms. The number of amides is 1. The molecular formula is C32H36N2O3S. The Kier molecular flexibility index (Phi) is 8.52. The fourth-order valence-corrected chi connectivity index (χ4v) is 5.99. The molecular weight excluding hydrogens is 492 g/mol. The van der Waals surface area contributed by atoms with Crippen molar-refractivity contribution in [3.63, 3.8) is 0 Å². The number of benzene rings is 4. The Bertz CT molecular complexity index is 1490. The highest BCUT2D eigenvalue weighted by molar-refractivity contribution is 7.92. The number of nitrogens with one attached hydrogen (secondary N) is 1. The zero-order valence-corrected chi connectivity index (χ0v) is 23.3. The summed E-state index contributed by atoms with van der Waals surface area (Å²) in [5, 5.41) is 5.38. The highest BCUT2D eigenvalue weighted by Gasteiger charge is 2.27. The lowest BCUT2D eigenvalue weighted by Gasteiger charge is -2.25. The highest BCUT2D eigenvalue weighted by atomic mass is 32.2. The number of aryl methyl sites for hydroxylation is 1. The second-order valence-electron chi connectivity index (χ2n) is 10.3. The quantitative estimate of drug-likeness (QED) is 0.257. The van der Waals surface area contributed by atoms with Crippen LogP contribution in [0.25, 0.3) is 10.8 Å². The van der Waals surface area contributed by atoms with E-state index in [0.29, 0.717) is 18.2 Å². The number of sulfonamides is 1. The van der Waals surface area contributed by atoms with Crippen molar-refractivity contribution in [1.82, 2.24) is 5.32 Å². The molecule has 0 heterocycles. The summed E-state index contributed by atoms with van der Waals surface area (Å²) in [4.78, 5) is 13.2. The first kappa shape index (κ1) is 27.4. The number of fused-ring (bicyclic) bond motifs is 1. The molecule has 0 radical (unpaired) electrons. The molecule has 0 aliphatic carbocycles. The largest absolute Gasteiger partial charge is 0.354 e. The molecule has 1 atom stereocenters. The molecule has 1 amide bonds. The summed E-state index contributed by atoms with van der Waals surface area (Å²) in [7, 11) is -3.94. The Balaban J connectivity index is 1.50. The molecule has 38 heavy (non-hydrogen) atoms. The summed E-state index contributed by atoms with van der Waals surface area (Å²) in [5.74, 6) is 0.161. The van der Waals surface area contributed by atoms with Gasteiger partial charge in [0.05, 0.1) is 10.6 Å². The molecule has 4 rings (SSSR count). The molecule has 0 aliphatic heterocycles. The molecule has 4 aromatic carbocycles. The molecule has 6 heteroatoms. The maximum absolute atomic E-state index is 13.6. The Hall–Kier alpha value is -3.64. The fourth-order valence-electron chi connectivity index (χ4n) is 4.57. The van der Waals surface area contributed by atoms with Gasteiger partial charge in [-0.15, -0.1) is 0 Å².